The summed E-state index contributed by atoms with van der Waals surface area (Å²) in [7, 11) is 0. The molecule has 2 aromatic carbocycles. The van der Waals surface area contributed by atoms with Crippen molar-refractivity contribution in [2.45, 2.75) is 78.5 Å². The third-order valence-electron chi connectivity index (χ3n) is 5.77. The third kappa shape index (κ3) is 11.9. The summed E-state index contributed by atoms with van der Waals surface area (Å²) in [6, 6.07) is 13.9. The number of benzene rings is 2. The van der Waals surface area contributed by atoms with E-state index in [0.29, 0.717) is 16.3 Å². The van der Waals surface area contributed by atoms with Crippen LogP contribution in [-0.2, 0) is 16.0 Å². The second-order valence-corrected chi connectivity index (χ2v) is 10.4. The lowest BCUT2D eigenvalue weighted by molar-refractivity contribution is -0.122. The Morgan fingerprint density at radius 2 is 1.74 bits per heavy atom. The van der Waals surface area contributed by atoms with Crippen LogP contribution in [-0.4, -0.2) is 53.6 Å². The Bertz CT molecular complexity index is 1030. The van der Waals surface area contributed by atoms with Gasteiger partial charge in [-0.05, 0) is 76.8 Å². The van der Waals surface area contributed by atoms with Gasteiger partial charge in [0.25, 0.3) is 6.47 Å². The molecule has 2 aromatic rings. The smallest absolute Gasteiger partial charge is 0.407 e. The second kappa shape index (κ2) is 16.5. The molecule has 1 unspecified atom stereocenters. The van der Waals surface area contributed by atoms with Crippen LogP contribution in [0.3, 0.4) is 0 Å². The van der Waals surface area contributed by atoms with Gasteiger partial charge in [0.05, 0.1) is 10.6 Å². The zero-order chi connectivity index (χ0) is 29.6. The Balaban J connectivity index is 0.00000142. The highest BCUT2D eigenvalue weighted by Gasteiger charge is 2.23. The molecule has 8 nitrogen and oxygen atoms in total. The number of phenols is 1. The predicted octanol–water partition coefficient (Wildman–Crippen LogP) is 6.46. The number of carbonyl (C=O) groups is 2. The largest absolute Gasteiger partial charge is 0.507 e. The van der Waals surface area contributed by atoms with E-state index in [1.165, 1.54) is 11.3 Å². The lowest BCUT2D eigenvalue weighted by atomic mass is 10.0. The van der Waals surface area contributed by atoms with Gasteiger partial charge in [-0.2, -0.15) is 0 Å². The summed E-state index contributed by atoms with van der Waals surface area (Å²) in [5.41, 5.74) is 3.06. The monoisotopic (exact) mass is 561 g/mol. The van der Waals surface area contributed by atoms with E-state index >= 15 is 0 Å². The Morgan fingerprint density at radius 1 is 1.18 bits per heavy atom. The van der Waals surface area contributed by atoms with Crippen molar-refractivity contribution in [3.8, 4) is 5.75 Å². The number of piperidine rings is 1. The van der Waals surface area contributed by atoms with Gasteiger partial charge in [-0.15, -0.1) is 0 Å². The standard InChI is InChI=1S/C27H36ClN3O3.C2H6.CH2O2/c1-18(29-19(2)25-23(28)7-6-8-24(25)32)17-20-9-11-22(12-10-20)31-15-13-21(14-16-31)30-26(33)34-27(3,4)5;1-2;2-1-3/h6-12,18,21,29,32H,2,13-17H2,1,3-5H3,(H,30,33);1-2H3;1H,(H,2,3). The fourth-order valence-corrected chi connectivity index (χ4v) is 4.47. The number of nitrogens with one attached hydrogen (secondary N) is 2. The first-order valence-corrected chi connectivity index (χ1v) is 13.7. The summed E-state index contributed by atoms with van der Waals surface area (Å²) in [4.78, 5) is 22.7. The van der Waals surface area contributed by atoms with E-state index in [1.54, 1.807) is 18.2 Å². The number of aromatic hydroxyl groups is 1. The van der Waals surface area contributed by atoms with Crippen molar-refractivity contribution in [1.29, 1.82) is 0 Å². The molecule has 1 fully saturated rings. The molecule has 0 bridgehead atoms. The number of carboxylic acid groups (broad SMARTS) is 1. The molecule has 9 heteroatoms. The minimum atomic E-state index is -0.483. The summed E-state index contributed by atoms with van der Waals surface area (Å²) in [5.74, 6) is 0.117. The first-order chi connectivity index (χ1) is 18.4. The number of hydrogen-bond acceptors (Lipinski definition) is 6. The van der Waals surface area contributed by atoms with Crippen LogP contribution in [0.5, 0.6) is 5.75 Å². The number of phenolic OH excluding ortho intramolecular Hbond substituents is 1. The summed E-state index contributed by atoms with van der Waals surface area (Å²) < 4.78 is 5.36. The number of carbonyl (C=O) groups excluding carboxylic acids is 1. The normalized spacial score (nSPS) is 14.0. The zero-order valence-electron chi connectivity index (χ0n) is 24.0. The van der Waals surface area contributed by atoms with E-state index in [2.05, 4.69) is 53.3 Å². The fourth-order valence-electron chi connectivity index (χ4n) is 4.18. The summed E-state index contributed by atoms with van der Waals surface area (Å²) in [5, 5.41) is 23.8. The molecule has 0 saturated carbocycles. The number of ether oxygens (including phenoxy) is 1. The van der Waals surface area contributed by atoms with Crippen LogP contribution in [0.1, 0.15) is 65.5 Å². The van der Waals surface area contributed by atoms with E-state index in [9.17, 15) is 9.90 Å². The molecule has 1 amide bonds. The van der Waals surface area contributed by atoms with Gasteiger partial charge in [0, 0.05) is 36.6 Å². The second-order valence-electron chi connectivity index (χ2n) is 10.0. The number of amides is 1. The average molecular weight is 562 g/mol. The molecule has 0 aromatic heterocycles. The third-order valence-corrected chi connectivity index (χ3v) is 6.09. The van der Waals surface area contributed by atoms with E-state index in [-0.39, 0.29) is 30.4 Å². The number of hydrogen-bond donors (Lipinski definition) is 4. The van der Waals surface area contributed by atoms with Crippen molar-refractivity contribution >= 4 is 35.6 Å². The Morgan fingerprint density at radius 3 is 2.26 bits per heavy atom. The molecule has 1 heterocycles. The van der Waals surface area contributed by atoms with Crippen LogP contribution >= 0.6 is 11.6 Å². The summed E-state index contributed by atoms with van der Waals surface area (Å²) in [6.07, 6.45) is 2.25. The van der Waals surface area contributed by atoms with Crippen molar-refractivity contribution < 1.29 is 24.5 Å². The lowest BCUT2D eigenvalue weighted by Gasteiger charge is -2.34. The molecule has 39 heavy (non-hydrogen) atoms. The molecule has 216 valence electrons. The molecule has 1 atom stereocenters. The van der Waals surface area contributed by atoms with Crippen LogP contribution in [0, 0.1) is 0 Å². The highest BCUT2D eigenvalue weighted by atomic mass is 35.5. The molecular formula is C30H44ClN3O5. The highest BCUT2D eigenvalue weighted by molar-refractivity contribution is 6.32. The predicted molar refractivity (Wildman–Crippen MR) is 160 cm³/mol. The van der Waals surface area contributed by atoms with Crippen LogP contribution in [0.15, 0.2) is 49.0 Å². The first kappa shape index (κ1) is 33.6. The molecule has 4 N–H and O–H groups in total. The van der Waals surface area contributed by atoms with E-state index in [1.807, 2.05) is 34.6 Å². The maximum atomic E-state index is 12.0. The van der Waals surface area contributed by atoms with Gasteiger partial charge in [0.1, 0.15) is 11.4 Å². The Kier molecular flexibility index (Phi) is 14.3. The van der Waals surface area contributed by atoms with Crippen molar-refractivity contribution in [3.63, 3.8) is 0 Å². The van der Waals surface area contributed by atoms with Gasteiger partial charge in [0.15, 0.2) is 0 Å². The maximum absolute atomic E-state index is 12.0. The van der Waals surface area contributed by atoms with Gasteiger partial charge in [0.2, 0.25) is 0 Å². The average Bonchev–Trinajstić information content (AvgIpc) is 2.85. The minimum absolute atomic E-state index is 0.115. The molecular weight excluding hydrogens is 518 g/mol. The van der Waals surface area contributed by atoms with Crippen molar-refractivity contribution in [2.24, 2.45) is 0 Å². The molecule has 3 rings (SSSR count). The maximum Gasteiger partial charge on any atom is 0.407 e. The van der Waals surface area contributed by atoms with Crippen molar-refractivity contribution in [1.82, 2.24) is 10.6 Å². The minimum Gasteiger partial charge on any atom is -0.507 e. The summed E-state index contributed by atoms with van der Waals surface area (Å²) in [6.45, 7) is 17.3. The van der Waals surface area contributed by atoms with Crippen LogP contribution in [0.25, 0.3) is 5.70 Å². The lowest BCUT2D eigenvalue weighted by Crippen LogP contribution is -2.46. The summed E-state index contributed by atoms with van der Waals surface area (Å²) >= 11 is 6.23. The van der Waals surface area contributed by atoms with Crippen molar-refractivity contribution in [3.05, 3.63) is 65.2 Å². The topological polar surface area (TPSA) is 111 Å². The van der Waals surface area contributed by atoms with Gasteiger partial charge in [-0.1, -0.05) is 50.2 Å². The number of anilines is 1. The first-order valence-electron chi connectivity index (χ1n) is 13.3. The number of nitrogens with zero attached hydrogens (tertiary/aromatic N) is 1. The van der Waals surface area contributed by atoms with Crippen LogP contribution in [0.4, 0.5) is 10.5 Å². The zero-order valence-corrected chi connectivity index (χ0v) is 24.7. The van der Waals surface area contributed by atoms with Gasteiger partial charge in [-0.25, -0.2) is 4.79 Å². The number of alkyl carbamates (subject to hydrolysis) is 1. The molecule has 1 saturated heterocycles. The Labute approximate surface area is 238 Å². The van der Waals surface area contributed by atoms with Gasteiger partial charge < -0.3 is 30.5 Å². The van der Waals surface area contributed by atoms with Crippen LogP contribution in [0.2, 0.25) is 5.02 Å². The molecule has 1 aliphatic heterocycles. The molecule has 0 radical (unpaired) electrons. The highest BCUT2D eigenvalue weighted by Crippen LogP contribution is 2.30. The Hall–Kier alpha value is -3.39. The molecule has 0 spiro atoms. The van der Waals surface area contributed by atoms with Gasteiger partial charge >= 0.3 is 6.09 Å². The van der Waals surface area contributed by atoms with Crippen molar-refractivity contribution in [2.75, 3.05) is 18.0 Å². The van der Waals surface area contributed by atoms with E-state index in [4.69, 9.17) is 26.2 Å². The fraction of sp³-hybridized carbons (Fsp3) is 0.467. The van der Waals surface area contributed by atoms with E-state index < -0.39 is 5.60 Å². The number of rotatable bonds is 7. The van der Waals surface area contributed by atoms with Gasteiger partial charge in [-0.3, -0.25) is 4.79 Å². The molecule has 1 aliphatic rings. The number of halogens is 1. The molecule has 0 aliphatic carbocycles. The quantitative estimate of drug-likeness (QED) is 0.287. The SMILES string of the molecule is C=C(NC(C)Cc1ccc(N2CCC(NC(=O)OC(C)(C)C)CC2)cc1)c1c(O)cccc1Cl.CC.O=CO. The van der Waals surface area contributed by atoms with Crippen LogP contribution < -0.4 is 15.5 Å². The van der Waals surface area contributed by atoms with E-state index in [0.717, 1.165) is 32.4 Å².